The van der Waals surface area contributed by atoms with Crippen molar-refractivity contribution in [1.29, 1.82) is 0 Å². The molecular weight excluding hydrogens is 352 g/mol. The molecule has 1 aliphatic rings. The molecule has 1 fully saturated rings. The summed E-state index contributed by atoms with van der Waals surface area (Å²) in [5.41, 5.74) is -0.108. The summed E-state index contributed by atoms with van der Waals surface area (Å²) < 4.78 is 53.0. The van der Waals surface area contributed by atoms with Gasteiger partial charge in [-0.1, -0.05) is 28.8 Å². The van der Waals surface area contributed by atoms with Crippen molar-refractivity contribution < 1.29 is 17.2 Å². The number of sulfonamides is 1. The molecule has 0 aliphatic heterocycles. The molecule has 0 atom stereocenters. The average molecular weight is 368 g/mol. The monoisotopic (exact) mass is 367 g/mol. The largest absolute Gasteiger partial charge is 0.243 e. The second-order valence-corrected chi connectivity index (χ2v) is 7.54. The summed E-state index contributed by atoms with van der Waals surface area (Å²) in [6.07, 6.45) is 4.01. The molecule has 3 nitrogen and oxygen atoms in total. The summed E-state index contributed by atoms with van der Waals surface area (Å²) >= 11 is 3.42. The standard InChI is InChI=1S/C13H16BrF2NO2S/c14-8-13(5-1-2-6-13)9-17-20(18,19)12-4-3-10(15)7-11(12)16/h3-4,7,17H,1-2,5-6,8-9H2. The fraction of sp³-hybridized carbons (Fsp3) is 0.538. The molecule has 0 spiro atoms. The molecule has 0 radical (unpaired) electrons. The molecule has 1 aromatic rings. The molecule has 7 heteroatoms. The van der Waals surface area contributed by atoms with Gasteiger partial charge in [0.1, 0.15) is 16.5 Å². The van der Waals surface area contributed by atoms with Crippen LogP contribution in [-0.2, 0) is 10.0 Å². The number of hydrogen-bond donors (Lipinski definition) is 1. The van der Waals surface area contributed by atoms with E-state index in [0.29, 0.717) is 11.4 Å². The van der Waals surface area contributed by atoms with Gasteiger partial charge in [0.15, 0.2) is 0 Å². The van der Waals surface area contributed by atoms with E-state index in [2.05, 4.69) is 20.7 Å². The summed E-state index contributed by atoms with van der Waals surface area (Å²) in [6, 6.07) is 2.46. The van der Waals surface area contributed by atoms with Gasteiger partial charge in [-0.2, -0.15) is 0 Å². The molecule has 0 amide bonds. The zero-order chi connectivity index (χ0) is 14.8. The fourth-order valence-corrected chi connectivity index (χ4v) is 4.48. The molecule has 0 aromatic heterocycles. The SMILES string of the molecule is O=S(=O)(NCC1(CBr)CCCC1)c1ccc(F)cc1F. The van der Waals surface area contributed by atoms with Crippen molar-refractivity contribution in [3.8, 4) is 0 Å². The first-order chi connectivity index (χ1) is 9.38. The van der Waals surface area contributed by atoms with Gasteiger partial charge >= 0.3 is 0 Å². The Bertz CT molecular complexity index is 586. The minimum Gasteiger partial charge on any atom is -0.210 e. The van der Waals surface area contributed by atoms with Gasteiger partial charge in [-0.05, 0) is 30.4 Å². The lowest BCUT2D eigenvalue weighted by Gasteiger charge is -2.26. The second-order valence-electron chi connectivity index (χ2n) is 5.24. The van der Waals surface area contributed by atoms with Crippen molar-refractivity contribution in [1.82, 2.24) is 4.72 Å². The van der Waals surface area contributed by atoms with Gasteiger partial charge < -0.3 is 0 Å². The highest BCUT2D eigenvalue weighted by atomic mass is 79.9. The van der Waals surface area contributed by atoms with Crippen molar-refractivity contribution >= 4 is 26.0 Å². The lowest BCUT2D eigenvalue weighted by molar-refractivity contribution is 0.347. The Morgan fingerprint density at radius 2 is 1.90 bits per heavy atom. The smallest absolute Gasteiger partial charge is 0.210 e. The van der Waals surface area contributed by atoms with Crippen LogP contribution in [0.2, 0.25) is 0 Å². The second kappa shape index (κ2) is 6.07. The van der Waals surface area contributed by atoms with E-state index in [0.717, 1.165) is 37.8 Å². The van der Waals surface area contributed by atoms with Crippen LogP contribution in [0.15, 0.2) is 23.1 Å². The van der Waals surface area contributed by atoms with E-state index >= 15 is 0 Å². The van der Waals surface area contributed by atoms with Crippen LogP contribution in [0.4, 0.5) is 8.78 Å². The van der Waals surface area contributed by atoms with Crippen LogP contribution >= 0.6 is 15.9 Å². The number of hydrogen-bond acceptors (Lipinski definition) is 2. The Balaban J connectivity index is 2.15. The zero-order valence-corrected chi connectivity index (χ0v) is 13.2. The van der Waals surface area contributed by atoms with Crippen LogP contribution in [0.1, 0.15) is 25.7 Å². The van der Waals surface area contributed by atoms with E-state index < -0.39 is 26.6 Å². The Kier molecular flexibility index (Phi) is 4.81. The minimum absolute atomic E-state index is 0.108. The van der Waals surface area contributed by atoms with E-state index in [1.165, 1.54) is 0 Å². The van der Waals surface area contributed by atoms with Gasteiger partial charge in [-0.3, -0.25) is 0 Å². The lowest BCUT2D eigenvalue weighted by atomic mass is 9.89. The first-order valence-corrected chi connectivity index (χ1v) is 9.00. The number of nitrogens with one attached hydrogen (secondary N) is 1. The minimum atomic E-state index is -3.96. The molecule has 1 N–H and O–H groups in total. The van der Waals surface area contributed by atoms with E-state index in [1.54, 1.807) is 0 Å². The number of alkyl halides is 1. The molecule has 0 saturated heterocycles. The molecule has 0 bridgehead atoms. The molecule has 20 heavy (non-hydrogen) atoms. The van der Waals surface area contributed by atoms with Gasteiger partial charge in [0.25, 0.3) is 0 Å². The van der Waals surface area contributed by atoms with Crippen LogP contribution in [0.5, 0.6) is 0 Å². The molecule has 1 saturated carbocycles. The summed E-state index contributed by atoms with van der Waals surface area (Å²) in [5.74, 6) is -1.87. The summed E-state index contributed by atoms with van der Waals surface area (Å²) in [6.45, 7) is 0.261. The van der Waals surface area contributed by atoms with Crippen LogP contribution in [-0.4, -0.2) is 20.3 Å². The molecule has 2 rings (SSSR count). The number of benzene rings is 1. The third kappa shape index (κ3) is 3.38. The number of halogens is 3. The highest BCUT2D eigenvalue weighted by Gasteiger charge is 2.34. The molecule has 1 aromatic carbocycles. The van der Waals surface area contributed by atoms with Crippen molar-refractivity contribution in [2.45, 2.75) is 30.6 Å². The maximum Gasteiger partial charge on any atom is 0.243 e. The van der Waals surface area contributed by atoms with Crippen molar-refractivity contribution in [3.05, 3.63) is 29.8 Å². The lowest BCUT2D eigenvalue weighted by Crippen LogP contribution is -2.37. The maximum absolute atomic E-state index is 13.6. The fourth-order valence-electron chi connectivity index (χ4n) is 2.50. The van der Waals surface area contributed by atoms with Crippen LogP contribution < -0.4 is 4.72 Å². The van der Waals surface area contributed by atoms with E-state index in [-0.39, 0.29) is 12.0 Å². The number of rotatable bonds is 5. The van der Waals surface area contributed by atoms with Crippen LogP contribution in [0, 0.1) is 17.0 Å². The molecule has 112 valence electrons. The first-order valence-electron chi connectivity index (χ1n) is 6.39. The van der Waals surface area contributed by atoms with Gasteiger partial charge in [0, 0.05) is 17.9 Å². The Morgan fingerprint density at radius 3 is 2.45 bits per heavy atom. The zero-order valence-electron chi connectivity index (χ0n) is 10.8. The van der Waals surface area contributed by atoms with Crippen molar-refractivity contribution in [3.63, 3.8) is 0 Å². The molecule has 0 unspecified atom stereocenters. The summed E-state index contributed by atoms with van der Waals surface area (Å²) in [4.78, 5) is -0.512. The maximum atomic E-state index is 13.6. The quantitative estimate of drug-likeness (QED) is 0.812. The Hall–Kier alpha value is -0.530. The Labute approximate surface area is 125 Å². The van der Waals surface area contributed by atoms with Crippen molar-refractivity contribution in [2.75, 3.05) is 11.9 Å². The van der Waals surface area contributed by atoms with Gasteiger partial charge in [0.05, 0.1) is 0 Å². The topological polar surface area (TPSA) is 46.2 Å². The van der Waals surface area contributed by atoms with E-state index in [4.69, 9.17) is 0 Å². The third-order valence-corrected chi connectivity index (χ3v) is 6.39. The predicted octanol–water partition coefficient (Wildman–Crippen LogP) is 3.20. The normalized spacial score (nSPS) is 18.4. The third-order valence-electron chi connectivity index (χ3n) is 3.77. The van der Waals surface area contributed by atoms with Crippen LogP contribution in [0.25, 0.3) is 0 Å². The molecule has 0 heterocycles. The highest BCUT2D eigenvalue weighted by molar-refractivity contribution is 9.09. The van der Waals surface area contributed by atoms with Gasteiger partial charge in [-0.15, -0.1) is 0 Å². The average Bonchev–Trinajstić information content (AvgIpc) is 2.85. The predicted molar refractivity (Wildman–Crippen MR) is 76.2 cm³/mol. The molecule has 1 aliphatic carbocycles. The van der Waals surface area contributed by atoms with Gasteiger partial charge in [-0.25, -0.2) is 21.9 Å². The first kappa shape index (κ1) is 15.9. The van der Waals surface area contributed by atoms with E-state index in [9.17, 15) is 17.2 Å². The van der Waals surface area contributed by atoms with E-state index in [1.807, 2.05) is 0 Å². The summed E-state index contributed by atoms with van der Waals surface area (Å²) in [7, 11) is -3.96. The summed E-state index contributed by atoms with van der Waals surface area (Å²) in [5, 5.41) is 0.703. The highest BCUT2D eigenvalue weighted by Crippen LogP contribution is 2.39. The molecular formula is C13H16BrF2NO2S. The van der Waals surface area contributed by atoms with Crippen molar-refractivity contribution in [2.24, 2.45) is 5.41 Å². The Morgan fingerprint density at radius 1 is 1.25 bits per heavy atom. The van der Waals surface area contributed by atoms with Gasteiger partial charge in [0.2, 0.25) is 10.0 Å². The van der Waals surface area contributed by atoms with Crippen LogP contribution in [0.3, 0.4) is 0 Å².